The number of hydrogen-bond donors (Lipinski definition) is 0. The van der Waals surface area contributed by atoms with E-state index in [1.54, 1.807) is 12.1 Å². The first-order chi connectivity index (χ1) is 30.6. The molecule has 0 saturated heterocycles. The summed E-state index contributed by atoms with van der Waals surface area (Å²) in [5.74, 6) is 0.952. The van der Waals surface area contributed by atoms with Crippen LogP contribution < -0.4 is 19.3 Å². The number of rotatable bonds is 21. The minimum atomic E-state index is -0.841. The highest BCUT2D eigenvalue weighted by atomic mass is 16.7. The Labute approximate surface area is 373 Å². The fourth-order valence-electron chi connectivity index (χ4n) is 7.02. The van der Waals surface area contributed by atoms with Crippen LogP contribution in [0.1, 0.15) is 67.2 Å². The maximum Gasteiger partial charge on any atom is 0.513 e. The molecule has 9 nitrogen and oxygen atoms in total. The Balaban J connectivity index is 1.13. The Morgan fingerprint density at radius 3 is 1.37 bits per heavy atom. The van der Waals surface area contributed by atoms with E-state index in [1.165, 1.54) is 0 Å². The van der Waals surface area contributed by atoms with Crippen LogP contribution in [0.2, 0.25) is 0 Å². The van der Waals surface area contributed by atoms with Crippen molar-refractivity contribution in [2.75, 3.05) is 36.2 Å². The molecule has 0 atom stereocenters. The molecule has 9 heteroatoms. The minimum absolute atomic E-state index is 0.00822. The van der Waals surface area contributed by atoms with E-state index in [0.29, 0.717) is 18.6 Å². The van der Waals surface area contributed by atoms with Crippen molar-refractivity contribution in [3.63, 3.8) is 0 Å². The van der Waals surface area contributed by atoms with Gasteiger partial charge in [0.2, 0.25) is 0 Å². The molecule has 0 aliphatic rings. The molecular weight excluding hydrogens is 789 g/mol. The number of esters is 1. The van der Waals surface area contributed by atoms with E-state index < -0.39 is 11.6 Å². The van der Waals surface area contributed by atoms with Crippen molar-refractivity contribution < 1.29 is 33.3 Å². The molecular formula is C54H60N2O7. The second kappa shape index (κ2) is 22.0. The van der Waals surface area contributed by atoms with E-state index >= 15 is 0 Å². The predicted molar refractivity (Wildman–Crippen MR) is 253 cm³/mol. The number of benzene rings is 6. The largest absolute Gasteiger partial charge is 0.513 e. The standard InChI is InChI=1S/C54H60N2O7/c1-7-53(5,8-2)51(57)60-37-35-59-36-38-61-52(58)62-49-25-17-23-47(39-49)55(43-19-13-11-14-20-43)45-31-27-41(28-32-45)42-29-33-46(34-30-42)56(44-21-15-12-16-22-44)48-24-18-26-50(40-48)63-54(6,9-3)10-4/h11-34,39-40H,7-10,35-38H2,1-6H3. The first-order valence-electron chi connectivity index (χ1n) is 22.0. The Hall–Kier alpha value is -6.58. The molecule has 6 rings (SSSR count). The fraction of sp³-hybridized carbons (Fsp3) is 0.296. The van der Waals surface area contributed by atoms with Crippen LogP contribution >= 0.6 is 0 Å². The Kier molecular flexibility index (Phi) is 16.0. The molecule has 0 aliphatic heterocycles. The van der Waals surface area contributed by atoms with Crippen molar-refractivity contribution in [3.8, 4) is 22.6 Å². The molecule has 0 aliphatic carbocycles. The summed E-state index contributed by atoms with van der Waals surface area (Å²) in [6.07, 6.45) is 2.41. The normalized spacial score (nSPS) is 11.4. The molecule has 0 saturated carbocycles. The highest BCUT2D eigenvalue weighted by molar-refractivity contribution is 5.81. The summed E-state index contributed by atoms with van der Waals surface area (Å²) in [7, 11) is 0. The highest BCUT2D eigenvalue weighted by Crippen LogP contribution is 2.40. The van der Waals surface area contributed by atoms with E-state index in [0.717, 1.165) is 63.8 Å². The minimum Gasteiger partial charge on any atom is -0.488 e. The molecule has 6 aromatic rings. The maximum absolute atomic E-state index is 12.7. The molecule has 6 aromatic carbocycles. The maximum atomic E-state index is 12.7. The average molecular weight is 849 g/mol. The van der Waals surface area contributed by atoms with Gasteiger partial charge >= 0.3 is 12.1 Å². The summed E-state index contributed by atoms with van der Waals surface area (Å²) in [5.41, 5.74) is 7.19. The van der Waals surface area contributed by atoms with Gasteiger partial charge in [-0.25, -0.2) is 4.79 Å². The third kappa shape index (κ3) is 12.1. The number of anilines is 6. The number of ether oxygens (including phenoxy) is 5. The fourth-order valence-corrected chi connectivity index (χ4v) is 7.02. The van der Waals surface area contributed by atoms with Gasteiger partial charge in [0.05, 0.1) is 18.6 Å². The van der Waals surface area contributed by atoms with E-state index in [-0.39, 0.29) is 38.0 Å². The molecule has 0 amide bonds. The molecule has 328 valence electrons. The van der Waals surface area contributed by atoms with Crippen LogP contribution in [0.4, 0.5) is 38.9 Å². The second-order valence-electron chi connectivity index (χ2n) is 15.9. The van der Waals surface area contributed by atoms with Crippen LogP contribution in [0.25, 0.3) is 11.1 Å². The SMILES string of the molecule is CCC(C)(CC)Oc1cccc(N(c2ccccc2)c2ccc(-c3ccc(N(c4ccccc4)c4cccc(OC(=O)OCCOCCOC(=O)C(C)(CC)CC)c4)cc3)cc2)c1. The van der Waals surface area contributed by atoms with Gasteiger partial charge in [0.25, 0.3) is 0 Å². The lowest BCUT2D eigenvalue weighted by Gasteiger charge is -2.30. The van der Waals surface area contributed by atoms with Crippen molar-refractivity contribution in [2.24, 2.45) is 5.41 Å². The molecule has 0 aromatic heterocycles. The van der Waals surface area contributed by atoms with Crippen LogP contribution in [0.3, 0.4) is 0 Å². The number of para-hydroxylation sites is 2. The third-order valence-corrected chi connectivity index (χ3v) is 11.8. The van der Waals surface area contributed by atoms with Gasteiger partial charge < -0.3 is 33.5 Å². The molecule has 0 N–H and O–H groups in total. The number of nitrogens with zero attached hydrogens (tertiary/aromatic N) is 2. The van der Waals surface area contributed by atoms with E-state index in [1.807, 2.05) is 75.4 Å². The predicted octanol–water partition coefficient (Wildman–Crippen LogP) is 14.2. The summed E-state index contributed by atoms with van der Waals surface area (Å²) >= 11 is 0. The van der Waals surface area contributed by atoms with Crippen molar-refractivity contribution in [1.29, 1.82) is 0 Å². The number of carbonyl (C=O) groups is 2. The van der Waals surface area contributed by atoms with Crippen molar-refractivity contribution in [1.82, 2.24) is 0 Å². The van der Waals surface area contributed by atoms with Crippen molar-refractivity contribution in [3.05, 3.63) is 158 Å². The molecule has 0 heterocycles. The monoisotopic (exact) mass is 848 g/mol. The quantitative estimate of drug-likeness (QED) is 0.0399. The van der Waals surface area contributed by atoms with Gasteiger partial charge in [-0.1, -0.05) is 100 Å². The van der Waals surface area contributed by atoms with E-state index in [9.17, 15) is 9.59 Å². The van der Waals surface area contributed by atoms with Crippen molar-refractivity contribution >= 4 is 46.2 Å². The van der Waals surface area contributed by atoms with Crippen LogP contribution in [0.5, 0.6) is 11.5 Å². The number of carbonyl (C=O) groups excluding carboxylic acids is 2. The lowest BCUT2D eigenvalue weighted by Crippen LogP contribution is -2.30. The molecule has 63 heavy (non-hydrogen) atoms. The third-order valence-electron chi connectivity index (χ3n) is 11.8. The van der Waals surface area contributed by atoms with Crippen LogP contribution in [-0.2, 0) is 19.0 Å². The zero-order valence-corrected chi connectivity index (χ0v) is 37.4. The first-order valence-corrected chi connectivity index (χ1v) is 22.0. The number of hydrogen-bond acceptors (Lipinski definition) is 9. The summed E-state index contributed by atoms with van der Waals surface area (Å²) in [6, 6.07) is 53.1. The van der Waals surface area contributed by atoms with Gasteiger partial charge in [-0.05, 0) is 123 Å². The van der Waals surface area contributed by atoms with E-state index in [2.05, 4.69) is 122 Å². The van der Waals surface area contributed by atoms with Gasteiger partial charge in [0, 0.05) is 46.3 Å². The summed E-state index contributed by atoms with van der Waals surface area (Å²) in [4.78, 5) is 29.3. The zero-order valence-electron chi connectivity index (χ0n) is 37.4. The van der Waals surface area contributed by atoms with Gasteiger partial charge in [0.1, 0.15) is 30.3 Å². The van der Waals surface area contributed by atoms with Gasteiger partial charge in [-0.2, -0.15) is 0 Å². The van der Waals surface area contributed by atoms with Gasteiger partial charge in [0.15, 0.2) is 0 Å². The Morgan fingerprint density at radius 1 is 0.460 bits per heavy atom. The molecule has 0 spiro atoms. The van der Waals surface area contributed by atoms with Gasteiger partial charge in [-0.15, -0.1) is 0 Å². The lowest BCUT2D eigenvalue weighted by molar-refractivity contribution is -0.157. The average Bonchev–Trinajstić information content (AvgIpc) is 3.32. The topological polar surface area (TPSA) is 86.8 Å². The molecule has 0 unspecified atom stereocenters. The van der Waals surface area contributed by atoms with Crippen LogP contribution in [-0.4, -0.2) is 44.2 Å². The Bertz CT molecular complexity index is 2340. The van der Waals surface area contributed by atoms with Gasteiger partial charge in [-0.3, -0.25) is 4.79 Å². The summed E-state index contributed by atoms with van der Waals surface area (Å²) < 4.78 is 28.2. The lowest BCUT2D eigenvalue weighted by atomic mass is 9.85. The smallest absolute Gasteiger partial charge is 0.488 e. The highest BCUT2D eigenvalue weighted by Gasteiger charge is 2.30. The molecule has 0 bridgehead atoms. The van der Waals surface area contributed by atoms with Crippen molar-refractivity contribution in [2.45, 2.75) is 72.8 Å². The summed E-state index contributed by atoms with van der Waals surface area (Å²) in [5, 5.41) is 0. The Morgan fingerprint density at radius 2 is 0.889 bits per heavy atom. The first kappa shape index (κ1) is 45.9. The molecule has 0 radical (unpaired) electrons. The molecule has 0 fully saturated rings. The van der Waals surface area contributed by atoms with E-state index in [4.69, 9.17) is 23.7 Å². The summed E-state index contributed by atoms with van der Waals surface area (Å²) in [6.45, 7) is 12.8. The zero-order chi connectivity index (χ0) is 44.7. The van der Waals surface area contributed by atoms with Crippen LogP contribution in [0.15, 0.2) is 158 Å². The van der Waals surface area contributed by atoms with Crippen LogP contribution in [0, 0.1) is 5.41 Å². The second-order valence-corrected chi connectivity index (χ2v) is 15.9.